The van der Waals surface area contributed by atoms with Gasteiger partial charge in [0, 0.05) is 5.56 Å². The predicted octanol–water partition coefficient (Wildman–Crippen LogP) is 1.57. The summed E-state index contributed by atoms with van der Waals surface area (Å²) in [5, 5.41) is 14.4. The predicted molar refractivity (Wildman–Crippen MR) is 84.9 cm³/mol. The van der Waals surface area contributed by atoms with Crippen molar-refractivity contribution in [3.8, 4) is 0 Å². The molecule has 0 heterocycles. The molecule has 0 unspecified atom stereocenters. The van der Waals surface area contributed by atoms with Crippen LogP contribution in [0.1, 0.15) is 42.5 Å². The Morgan fingerprint density at radius 1 is 1.09 bits per heavy atom. The fourth-order valence-corrected chi connectivity index (χ4v) is 2.93. The normalized spacial score (nSPS) is 16.3. The topological polar surface area (TPSA) is 95.5 Å². The van der Waals surface area contributed by atoms with E-state index in [0.29, 0.717) is 5.56 Å². The zero-order valence-corrected chi connectivity index (χ0v) is 13.0. The van der Waals surface area contributed by atoms with Crippen LogP contribution in [0.15, 0.2) is 30.3 Å². The number of aliphatic carboxylic acids is 1. The van der Waals surface area contributed by atoms with Crippen molar-refractivity contribution in [3.63, 3.8) is 0 Å². The van der Waals surface area contributed by atoms with Crippen molar-refractivity contribution in [2.45, 2.75) is 38.1 Å². The molecule has 1 atom stereocenters. The molecule has 1 aromatic rings. The van der Waals surface area contributed by atoms with Crippen LogP contribution in [0.4, 0.5) is 0 Å². The van der Waals surface area contributed by atoms with Crippen molar-refractivity contribution in [2.75, 3.05) is 6.54 Å². The maximum absolute atomic E-state index is 11.9. The van der Waals surface area contributed by atoms with E-state index in [2.05, 4.69) is 10.6 Å². The van der Waals surface area contributed by atoms with Crippen LogP contribution in [0.5, 0.6) is 0 Å². The lowest BCUT2D eigenvalue weighted by Gasteiger charge is -2.28. The van der Waals surface area contributed by atoms with E-state index < -0.39 is 17.9 Å². The maximum atomic E-state index is 11.9. The number of benzene rings is 1. The first-order chi connectivity index (χ1) is 11.1. The summed E-state index contributed by atoms with van der Waals surface area (Å²) in [7, 11) is 0. The molecular formula is C17H22N2O4. The molecule has 3 N–H and O–H groups in total. The third kappa shape index (κ3) is 5.09. The second-order valence-electron chi connectivity index (χ2n) is 5.83. The molecule has 0 saturated heterocycles. The molecule has 0 spiro atoms. The molecule has 1 fully saturated rings. The van der Waals surface area contributed by atoms with Crippen LogP contribution in [0, 0.1) is 5.92 Å². The summed E-state index contributed by atoms with van der Waals surface area (Å²) in [5.74, 6) is -1.88. The number of nitrogens with one attached hydrogen (secondary N) is 2. The average Bonchev–Trinajstić information content (AvgIpc) is 2.58. The Morgan fingerprint density at radius 3 is 2.35 bits per heavy atom. The molecule has 23 heavy (non-hydrogen) atoms. The summed E-state index contributed by atoms with van der Waals surface area (Å²) < 4.78 is 0. The number of carboxylic acid groups (broad SMARTS) is 1. The van der Waals surface area contributed by atoms with Crippen LogP contribution in [0.2, 0.25) is 0 Å². The van der Waals surface area contributed by atoms with Crippen LogP contribution in [0.3, 0.4) is 0 Å². The van der Waals surface area contributed by atoms with Gasteiger partial charge < -0.3 is 15.7 Å². The van der Waals surface area contributed by atoms with Gasteiger partial charge in [-0.25, -0.2) is 4.79 Å². The van der Waals surface area contributed by atoms with Crippen LogP contribution < -0.4 is 10.6 Å². The molecule has 0 aromatic heterocycles. The molecule has 0 aliphatic heterocycles. The minimum Gasteiger partial charge on any atom is -0.480 e. The molecule has 1 aliphatic rings. The number of carbonyl (C=O) groups is 3. The van der Waals surface area contributed by atoms with Crippen LogP contribution in [-0.2, 0) is 9.59 Å². The summed E-state index contributed by atoms with van der Waals surface area (Å²) in [6, 6.07) is 7.68. The van der Waals surface area contributed by atoms with Gasteiger partial charge in [0.1, 0.15) is 6.04 Å². The SMILES string of the molecule is O=C(CNC(=O)c1ccccc1)N[C@@H](C(=O)O)C1CCCCC1. The molecule has 0 bridgehead atoms. The van der Waals surface area contributed by atoms with Crippen LogP contribution in [-0.4, -0.2) is 35.5 Å². The molecule has 1 saturated carbocycles. The van der Waals surface area contributed by atoms with Gasteiger partial charge in [-0.3, -0.25) is 9.59 Å². The Labute approximate surface area is 135 Å². The fraction of sp³-hybridized carbons (Fsp3) is 0.471. The molecule has 2 rings (SSSR count). The lowest BCUT2D eigenvalue weighted by molar-refractivity contribution is -0.143. The first kappa shape index (κ1) is 17.0. The van der Waals surface area contributed by atoms with Crippen molar-refractivity contribution in [1.29, 1.82) is 0 Å². The summed E-state index contributed by atoms with van der Waals surface area (Å²) in [6.07, 6.45) is 4.73. The Bertz CT molecular complexity index is 553. The van der Waals surface area contributed by atoms with E-state index in [-0.39, 0.29) is 18.4 Å². The van der Waals surface area contributed by atoms with Gasteiger partial charge in [-0.2, -0.15) is 0 Å². The number of carboxylic acids is 1. The largest absolute Gasteiger partial charge is 0.480 e. The van der Waals surface area contributed by atoms with Crippen molar-refractivity contribution < 1.29 is 19.5 Å². The van der Waals surface area contributed by atoms with Crippen LogP contribution >= 0.6 is 0 Å². The highest BCUT2D eigenvalue weighted by molar-refractivity contribution is 5.96. The Morgan fingerprint density at radius 2 is 1.74 bits per heavy atom. The van der Waals surface area contributed by atoms with E-state index in [1.54, 1.807) is 30.3 Å². The van der Waals surface area contributed by atoms with E-state index >= 15 is 0 Å². The third-order valence-corrected chi connectivity index (χ3v) is 4.15. The second-order valence-corrected chi connectivity index (χ2v) is 5.83. The number of carbonyl (C=O) groups excluding carboxylic acids is 2. The van der Waals surface area contributed by atoms with E-state index in [1.165, 1.54) is 0 Å². The molecular weight excluding hydrogens is 296 g/mol. The summed E-state index contributed by atoms with van der Waals surface area (Å²) in [5.41, 5.74) is 0.461. The zero-order valence-electron chi connectivity index (χ0n) is 13.0. The molecule has 6 heteroatoms. The van der Waals surface area contributed by atoms with Crippen molar-refractivity contribution in [2.24, 2.45) is 5.92 Å². The molecule has 6 nitrogen and oxygen atoms in total. The first-order valence-electron chi connectivity index (χ1n) is 7.93. The molecule has 2 amide bonds. The Balaban J connectivity index is 1.84. The first-order valence-corrected chi connectivity index (χ1v) is 7.93. The fourth-order valence-electron chi connectivity index (χ4n) is 2.93. The van der Waals surface area contributed by atoms with Gasteiger partial charge in [-0.1, -0.05) is 37.5 Å². The summed E-state index contributed by atoms with van der Waals surface area (Å²) in [4.78, 5) is 35.2. The smallest absolute Gasteiger partial charge is 0.326 e. The standard InChI is InChI=1S/C17H22N2O4/c20-14(11-18-16(21)13-9-5-2-6-10-13)19-15(17(22)23)12-7-3-1-4-8-12/h2,5-6,9-10,12,15H,1,3-4,7-8,11H2,(H,18,21)(H,19,20)(H,22,23)/t15-/m1/s1. The second kappa shape index (κ2) is 8.31. The van der Waals surface area contributed by atoms with Gasteiger partial charge in [0.2, 0.25) is 5.91 Å². The van der Waals surface area contributed by atoms with Gasteiger partial charge in [0.05, 0.1) is 6.54 Å². The number of rotatable bonds is 6. The number of hydrogen-bond donors (Lipinski definition) is 3. The van der Waals surface area contributed by atoms with Crippen molar-refractivity contribution >= 4 is 17.8 Å². The lowest BCUT2D eigenvalue weighted by atomic mass is 9.84. The lowest BCUT2D eigenvalue weighted by Crippen LogP contribution is -2.49. The highest BCUT2D eigenvalue weighted by atomic mass is 16.4. The third-order valence-electron chi connectivity index (χ3n) is 4.15. The van der Waals surface area contributed by atoms with E-state index in [9.17, 15) is 19.5 Å². The van der Waals surface area contributed by atoms with Gasteiger partial charge in [0.15, 0.2) is 0 Å². The average molecular weight is 318 g/mol. The van der Waals surface area contributed by atoms with Crippen molar-refractivity contribution in [1.82, 2.24) is 10.6 Å². The number of amides is 2. The maximum Gasteiger partial charge on any atom is 0.326 e. The molecule has 0 radical (unpaired) electrons. The Kier molecular flexibility index (Phi) is 6.14. The van der Waals surface area contributed by atoms with E-state index in [4.69, 9.17) is 0 Å². The van der Waals surface area contributed by atoms with Gasteiger partial charge in [-0.05, 0) is 30.9 Å². The Hall–Kier alpha value is -2.37. The summed E-state index contributed by atoms with van der Waals surface area (Å²) in [6.45, 7) is -0.232. The minimum atomic E-state index is -1.01. The highest BCUT2D eigenvalue weighted by Crippen LogP contribution is 2.26. The van der Waals surface area contributed by atoms with Gasteiger partial charge in [0.25, 0.3) is 5.91 Å². The zero-order chi connectivity index (χ0) is 16.7. The van der Waals surface area contributed by atoms with E-state index in [0.717, 1.165) is 32.1 Å². The minimum absolute atomic E-state index is 0.0324. The molecule has 124 valence electrons. The molecule has 1 aromatic carbocycles. The van der Waals surface area contributed by atoms with Gasteiger partial charge in [-0.15, -0.1) is 0 Å². The number of hydrogen-bond acceptors (Lipinski definition) is 3. The van der Waals surface area contributed by atoms with E-state index in [1.807, 2.05) is 0 Å². The van der Waals surface area contributed by atoms with Gasteiger partial charge >= 0.3 is 5.97 Å². The summed E-state index contributed by atoms with van der Waals surface area (Å²) >= 11 is 0. The van der Waals surface area contributed by atoms with Crippen LogP contribution in [0.25, 0.3) is 0 Å². The highest BCUT2D eigenvalue weighted by Gasteiger charge is 2.30. The monoisotopic (exact) mass is 318 g/mol. The molecule has 1 aliphatic carbocycles. The quantitative estimate of drug-likeness (QED) is 0.742. The van der Waals surface area contributed by atoms with Crippen molar-refractivity contribution in [3.05, 3.63) is 35.9 Å².